The molecule has 162 valence electrons. The monoisotopic (exact) mass is 521 g/mol. The molecule has 7 heteroatoms. The van der Waals surface area contributed by atoms with Gasteiger partial charge >= 0.3 is 0 Å². The maximum Gasteiger partial charge on any atom is 0.225 e. The predicted octanol–water partition coefficient (Wildman–Crippen LogP) is 3.81. The molecule has 2 aromatic rings. The summed E-state index contributed by atoms with van der Waals surface area (Å²) in [5.41, 5.74) is 3.35. The molecule has 0 aliphatic carbocycles. The van der Waals surface area contributed by atoms with E-state index in [1.807, 2.05) is 24.3 Å². The Morgan fingerprint density at radius 2 is 1.87 bits per heavy atom. The van der Waals surface area contributed by atoms with Gasteiger partial charge in [-0.1, -0.05) is 36.4 Å². The van der Waals surface area contributed by atoms with Crippen LogP contribution in [-0.4, -0.2) is 45.1 Å². The van der Waals surface area contributed by atoms with Gasteiger partial charge in [0.05, 0.1) is 0 Å². The van der Waals surface area contributed by atoms with Crippen LogP contribution in [0, 0.1) is 0 Å². The first-order valence-corrected chi connectivity index (χ1v) is 10.3. The molecule has 1 amide bonds. The van der Waals surface area contributed by atoms with Gasteiger partial charge in [-0.15, -0.1) is 24.0 Å². The van der Waals surface area contributed by atoms with Crippen LogP contribution in [0.3, 0.4) is 0 Å². The van der Waals surface area contributed by atoms with Crippen LogP contribution in [0.1, 0.15) is 31.2 Å². The van der Waals surface area contributed by atoms with Crippen LogP contribution in [0.2, 0.25) is 0 Å². The van der Waals surface area contributed by atoms with E-state index < -0.39 is 0 Å². The first-order valence-electron chi connectivity index (χ1n) is 10.3. The fraction of sp³-hybridized carbons (Fsp3) is 0.391. The number of aliphatic imine (C=N–C) groups is 1. The second-order valence-electron chi connectivity index (χ2n) is 7.19. The summed E-state index contributed by atoms with van der Waals surface area (Å²) in [6, 6.07) is 18.5. The first-order chi connectivity index (χ1) is 14.2. The molecule has 0 saturated heterocycles. The second kappa shape index (κ2) is 12.4. The average Bonchev–Trinajstić information content (AvgIpc) is 2.76. The lowest BCUT2D eigenvalue weighted by Crippen LogP contribution is -2.41. The molecular weight excluding hydrogens is 489 g/mol. The highest BCUT2D eigenvalue weighted by Crippen LogP contribution is 2.31. The van der Waals surface area contributed by atoms with Crippen molar-refractivity contribution < 1.29 is 4.79 Å². The summed E-state index contributed by atoms with van der Waals surface area (Å²) in [5.74, 6) is 0.988. The fourth-order valence-electron chi connectivity index (χ4n) is 3.71. The second-order valence-corrected chi connectivity index (χ2v) is 7.19. The number of rotatable bonds is 8. The minimum absolute atomic E-state index is 0. The lowest BCUT2D eigenvalue weighted by atomic mass is 9.90. The Morgan fingerprint density at radius 3 is 2.60 bits per heavy atom. The molecule has 1 aliphatic rings. The fourth-order valence-corrected chi connectivity index (χ4v) is 3.71. The van der Waals surface area contributed by atoms with Crippen LogP contribution >= 0.6 is 24.0 Å². The quantitative estimate of drug-likeness (QED) is 0.214. The Bertz CT molecular complexity index is 827. The van der Waals surface area contributed by atoms with Crippen molar-refractivity contribution in [2.24, 2.45) is 4.99 Å². The number of nitrogens with zero attached hydrogens (tertiary/aromatic N) is 2. The van der Waals surface area contributed by atoms with E-state index in [1.54, 1.807) is 7.05 Å². The largest absolute Gasteiger partial charge is 0.372 e. The number of benzene rings is 2. The molecule has 0 saturated carbocycles. The Morgan fingerprint density at radius 1 is 1.13 bits per heavy atom. The normalized spacial score (nSPS) is 15.5. The van der Waals surface area contributed by atoms with Gasteiger partial charge in [0.15, 0.2) is 5.96 Å². The van der Waals surface area contributed by atoms with E-state index in [4.69, 9.17) is 0 Å². The molecule has 1 aliphatic heterocycles. The molecule has 0 bridgehead atoms. The van der Waals surface area contributed by atoms with Gasteiger partial charge in [0, 0.05) is 56.9 Å². The van der Waals surface area contributed by atoms with E-state index in [9.17, 15) is 4.79 Å². The highest BCUT2D eigenvalue weighted by atomic mass is 127. The van der Waals surface area contributed by atoms with E-state index in [-0.39, 0.29) is 35.8 Å². The summed E-state index contributed by atoms with van der Waals surface area (Å²) in [6.45, 7) is 5.67. The van der Waals surface area contributed by atoms with Crippen molar-refractivity contribution in [3.63, 3.8) is 0 Å². The van der Waals surface area contributed by atoms with E-state index in [0.717, 1.165) is 37.7 Å². The van der Waals surface area contributed by atoms with Gasteiger partial charge in [0.25, 0.3) is 0 Å². The van der Waals surface area contributed by atoms with E-state index in [1.165, 1.54) is 11.3 Å². The van der Waals surface area contributed by atoms with Crippen LogP contribution in [0.5, 0.6) is 0 Å². The number of para-hydroxylation sites is 2. The van der Waals surface area contributed by atoms with Gasteiger partial charge in [-0.2, -0.15) is 0 Å². The van der Waals surface area contributed by atoms with Crippen LogP contribution in [0.4, 0.5) is 11.4 Å². The Labute approximate surface area is 196 Å². The third-order valence-corrected chi connectivity index (χ3v) is 5.25. The summed E-state index contributed by atoms with van der Waals surface area (Å²) >= 11 is 0. The maximum absolute atomic E-state index is 12.0. The van der Waals surface area contributed by atoms with E-state index in [2.05, 4.69) is 63.1 Å². The smallest absolute Gasteiger partial charge is 0.225 e. The molecule has 30 heavy (non-hydrogen) atoms. The van der Waals surface area contributed by atoms with Crippen molar-refractivity contribution >= 4 is 47.2 Å². The zero-order valence-electron chi connectivity index (χ0n) is 17.7. The topological polar surface area (TPSA) is 68.8 Å². The Balaban J connectivity index is 0.00000320. The summed E-state index contributed by atoms with van der Waals surface area (Å²) in [4.78, 5) is 18.7. The Kier molecular flexibility index (Phi) is 9.93. The highest BCUT2D eigenvalue weighted by Gasteiger charge is 2.24. The molecule has 2 aromatic carbocycles. The van der Waals surface area contributed by atoms with Crippen molar-refractivity contribution in [1.82, 2.24) is 10.6 Å². The van der Waals surface area contributed by atoms with Crippen molar-refractivity contribution in [2.45, 2.75) is 25.7 Å². The van der Waals surface area contributed by atoms with Crippen LogP contribution in [0.15, 0.2) is 59.6 Å². The van der Waals surface area contributed by atoms with E-state index in [0.29, 0.717) is 13.0 Å². The molecule has 1 heterocycles. The molecule has 3 N–H and O–H groups in total. The number of hydrogen-bond donors (Lipinski definition) is 3. The van der Waals surface area contributed by atoms with Crippen molar-refractivity contribution in [2.75, 3.05) is 43.4 Å². The van der Waals surface area contributed by atoms with Gasteiger partial charge in [0.1, 0.15) is 0 Å². The number of nitrogens with one attached hydrogen (secondary N) is 3. The van der Waals surface area contributed by atoms with Crippen molar-refractivity contribution in [1.29, 1.82) is 0 Å². The summed E-state index contributed by atoms with van der Waals surface area (Å²) in [6.07, 6.45) is 1.50. The molecule has 3 rings (SSSR count). The van der Waals surface area contributed by atoms with E-state index >= 15 is 0 Å². The molecule has 0 radical (unpaired) electrons. The lowest BCUT2D eigenvalue weighted by Gasteiger charge is -2.26. The van der Waals surface area contributed by atoms with Crippen LogP contribution in [-0.2, 0) is 4.79 Å². The standard InChI is InChI=1S/C23H31N5O.HI/c1-3-28(19-10-5-4-6-11-19)15-9-14-25-23(24-2)26-17-18-16-22(29)27-21-13-8-7-12-20(18)21;/h4-8,10-13,18H,3,9,14-17H2,1-2H3,(H,27,29)(H2,24,25,26);1H. The summed E-state index contributed by atoms with van der Waals surface area (Å²) < 4.78 is 0. The highest BCUT2D eigenvalue weighted by molar-refractivity contribution is 14.0. The Hall–Kier alpha value is -2.29. The maximum atomic E-state index is 12.0. The van der Waals surface area contributed by atoms with Gasteiger partial charge in [-0.25, -0.2) is 0 Å². The lowest BCUT2D eigenvalue weighted by molar-refractivity contribution is -0.116. The summed E-state index contributed by atoms with van der Waals surface area (Å²) in [7, 11) is 1.78. The number of hydrogen-bond acceptors (Lipinski definition) is 3. The SMILES string of the molecule is CCN(CCCNC(=NC)NCC1CC(=O)Nc2ccccc21)c1ccccc1.I. The zero-order chi connectivity index (χ0) is 20.5. The number of guanidine groups is 1. The third kappa shape index (κ3) is 6.62. The molecule has 0 fully saturated rings. The van der Waals surface area contributed by atoms with Crippen LogP contribution < -0.4 is 20.9 Å². The molecule has 0 aromatic heterocycles. The number of amides is 1. The number of carbonyl (C=O) groups is 1. The molecular formula is C23H32IN5O. The van der Waals surface area contributed by atoms with Gasteiger partial charge in [0.2, 0.25) is 5.91 Å². The van der Waals surface area contributed by atoms with Crippen molar-refractivity contribution in [3.05, 3.63) is 60.2 Å². The number of fused-ring (bicyclic) bond motifs is 1. The van der Waals surface area contributed by atoms with Gasteiger partial charge in [-0.3, -0.25) is 9.79 Å². The number of anilines is 2. The van der Waals surface area contributed by atoms with Crippen molar-refractivity contribution in [3.8, 4) is 0 Å². The number of halogens is 1. The third-order valence-electron chi connectivity index (χ3n) is 5.25. The molecule has 1 unspecified atom stereocenters. The summed E-state index contributed by atoms with van der Waals surface area (Å²) in [5, 5.41) is 9.71. The molecule has 1 atom stereocenters. The predicted molar refractivity (Wildman–Crippen MR) is 136 cm³/mol. The molecule has 0 spiro atoms. The first kappa shape index (κ1) is 24.0. The average molecular weight is 521 g/mol. The zero-order valence-corrected chi connectivity index (χ0v) is 20.1. The van der Waals surface area contributed by atoms with Crippen LogP contribution in [0.25, 0.3) is 0 Å². The molecule has 6 nitrogen and oxygen atoms in total. The van der Waals surface area contributed by atoms with Gasteiger partial charge in [-0.05, 0) is 37.1 Å². The minimum atomic E-state index is 0. The minimum Gasteiger partial charge on any atom is -0.372 e. The van der Waals surface area contributed by atoms with Gasteiger partial charge < -0.3 is 20.9 Å². The number of carbonyl (C=O) groups excluding carboxylic acids is 1.